The lowest BCUT2D eigenvalue weighted by Crippen LogP contribution is -2.51. The number of likely N-dealkylation sites (N-methyl/N-ethyl adjacent to an activating group) is 1. The van der Waals surface area contributed by atoms with E-state index in [9.17, 15) is 14.4 Å². The van der Waals surface area contributed by atoms with Crippen molar-refractivity contribution in [1.82, 2.24) is 14.7 Å². The molecule has 0 spiro atoms. The highest BCUT2D eigenvalue weighted by Gasteiger charge is 2.43. The van der Waals surface area contributed by atoms with Crippen LogP contribution in [0.5, 0.6) is 11.5 Å². The van der Waals surface area contributed by atoms with Crippen LogP contribution < -0.4 is 9.47 Å². The predicted octanol–water partition coefficient (Wildman–Crippen LogP) is 10.4. The first kappa shape index (κ1) is 44.2. The highest BCUT2D eigenvalue weighted by Crippen LogP contribution is 2.39. The van der Waals surface area contributed by atoms with Crippen LogP contribution in [0.25, 0.3) is 0 Å². The molecule has 57 heavy (non-hydrogen) atoms. The molecule has 1 saturated heterocycles. The molecule has 3 amide bonds. The number of carbonyl (C=O) groups excluding carboxylic acids is 3. The third kappa shape index (κ3) is 12.8. The summed E-state index contributed by atoms with van der Waals surface area (Å²) in [6.45, 7) is 14.9. The Kier molecular flexibility index (Phi) is 14.6. The van der Waals surface area contributed by atoms with Crippen LogP contribution in [-0.4, -0.2) is 89.9 Å². The summed E-state index contributed by atoms with van der Waals surface area (Å²) >= 11 is 19.4. The van der Waals surface area contributed by atoms with Gasteiger partial charge in [-0.25, -0.2) is 9.59 Å². The first-order valence-corrected chi connectivity index (χ1v) is 20.7. The largest absolute Gasteiger partial charge is 0.490 e. The number of amides is 3. The third-order valence-corrected chi connectivity index (χ3v) is 10.7. The maximum Gasteiger partial charge on any atom is 0.410 e. The molecule has 3 aromatic carbocycles. The van der Waals surface area contributed by atoms with Crippen molar-refractivity contribution < 1.29 is 33.3 Å². The zero-order chi connectivity index (χ0) is 41.7. The van der Waals surface area contributed by atoms with Gasteiger partial charge in [-0.15, -0.1) is 0 Å². The average Bonchev–Trinajstić information content (AvgIpc) is 3.97. The summed E-state index contributed by atoms with van der Waals surface area (Å²) in [6.07, 6.45) is 2.16. The van der Waals surface area contributed by atoms with E-state index in [1.165, 1.54) is 0 Å². The molecule has 0 N–H and O–H groups in total. The Labute approximate surface area is 352 Å². The fourth-order valence-corrected chi connectivity index (χ4v) is 7.72. The van der Waals surface area contributed by atoms with Gasteiger partial charge in [0.15, 0.2) is 5.75 Å². The fraction of sp³-hybridized carbons (Fsp3) is 0.523. The van der Waals surface area contributed by atoms with E-state index in [0.717, 1.165) is 35.1 Å². The van der Waals surface area contributed by atoms with E-state index in [-0.39, 0.29) is 43.7 Å². The Morgan fingerprint density at radius 2 is 1.44 bits per heavy atom. The molecule has 0 unspecified atom stereocenters. The summed E-state index contributed by atoms with van der Waals surface area (Å²) in [5.74, 6) is 0.401. The first-order chi connectivity index (χ1) is 26.8. The molecular weight excluding hydrogens is 789 g/mol. The topological polar surface area (TPSA) is 97.8 Å². The monoisotopic (exact) mass is 843 g/mol. The van der Waals surface area contributed by atoms with Crippen LogP contribution in [0, 0.1) is 12.8 Å². The van der Waals surface area contributed by atoms with Crippen LogP contribution in [0.2, 0.25) is 15.1 Å². The number of piperidine rings is 1. The van der Waals surface area contributed by atoms with Crippen molar-refractivity contribution in [2.75, 3.05) is 39.9 Å². The Bertz CT molecular complexity index is 1870. The molecule has 1 heterocycles. The zero-order valence-electron chi connectivity index (χ0n) is 34.3. The number of likely N-dealkylation sites (tertiary alicyclic amines) is 1. The second kappa shape index (κ2) is 18.8. The number of benzene rings is 3. The molecular formula is C44H56Cl3N3O7. The van der Waals surface area contributed by atoms with Crippen molar-refractivity contribution in [3.8, 4) is 11.5 Å². The van der Waals surface area contributed by atoms with Gasteiger partial charge < -0.3 is 33.6 Å². The number of ether oxygens (including phenoxy) is 4. The van der Waals surface area contributed by atoms with E-state index in [1.807, 2.05) is 95.8 Å². The van der Waals surface area contributed by atoms with Gasteiger partial charge >= 0.3 is 12.2 Å². The molecule has 310 valence electrons. The van der Waals surface area contributed by atoms with Crippen LogP contribution in [-0.2, 0) is 27.2 Å². The van der Waals surface area contributed by atoms with Crippen molar-refractivity contribution >= 4 is 52.9 Å². The molecule has 5 rings (SSSR count). The summed E-state index contributed by atoms with van der Waals surface area (Å²) in [6, 6.07) is 17.3. The molecule has 2 aliphatic rings. The molecule has 1 aliphatic heterocycles. The number of nitrogens with zero attached hydrogens (tertiary/aromatic N) is 3. The van der Waals surface area contributed by atoms with Gasteiger partial charge in [0.25, 0.3) is 0 Å². The van der Waals surface area contributed by atoms with Gasteiger partial charge in [0.2, 0.25) is 5.91 Å². The van der Waals surface area contributed by atoms with Gasteiger partial charge in [0.05, 0.1) is 16.0 Å². The second-order valence-electron chi connectivity index (χ2n) is 17.0. The molecule has 10 nitrogen and oxygen atoms in total. The molecule has 0 radical (unpaired) electrons. The summed E-state index contributed by atoms with van der Waals surface area (Å²) in [5, 5.41) is 1.46. The number of carbonyl (C=O) groups is 3. The van der Waals surface area contributed by atoms with Gasteiger partial charge in [-0.2, -0.15) is 0 Å². The van der Waals surface area contributed by atoms with E-state index in [1.54, 1.807) is 29.0 Å². The molecule has 2 atom stereocenters. The number of hydrogen-bond acceptors (Lipinski definition) is 7. The highest BCUT2D eigenvalue weighted by molar-refractivity contribution is 6.37. The summed E-state index contributed by atoms with van der Waals surface area (Å²) in [5.41, 5.74) is 2.52. The minimum atomic E-state index is -0.670. The standard InChI is InChI=1S/C44H56Cl3N3O7/c1-28-23-37(46)39(38(47)24-28)55-22-21-54-33-14-10-30(11-15-33)34-18-20-49(42(53)57-44(5,6)7)27-35(34)40(51)50(32-12-13-32)26-31-25-29(9-16-36(31)45)17-19-48(8)41(52)56-43(2,3)4/h9-11,14-16,23-25,32,34-35H,12-13,17-22,26-27H2,1-8H3/t34-,35+/m1/s1. The van der Waals surface area contributed by atoms with Crippen LogP contribution in [0.1, 0.15) is 89.0 Å². The Balaban J connectivity index is 1.30. The molecule has 0 aromatic heterocycles. The quantitative estimate of drug-likeness (QED) is 0.158. The molecule has 13 heteroatoms. The lowest BCUT2D eigenvalue weighted by Gasteiger charge is -2.40. The normalized spacial score (nSPS) is 17.1. The average molecular weight is 845 g/mol. The van der Waals surface area contributed by atoms with Crippen molar-refractivity contribution in [2.45, 2.75) is 104 Å². The van der Waals surface area contributed by atoms with E-state index in [2.05, 4.69) is 0 Å². The lowest BCUT2D eigenvalue weighted by molar-refractivity contribution is -0.139. The van der Waals surface area contributed by atoms with Crippen LogP contribution in [0.3, 0.4) is 0 Å². The van der Waals surface area contributed by atoms with Crippen LogP contribution >= 0.6 is 34.8 Å². The zero-order valence-corrected chi connectivity index (χ0v) is 36.6. The third-order valence-electron chi connectivity index (χ3n) is 9.79. The first-order valence-electron chi connectivity index (χ1n) is 19.6. The van der Waals surface area contributed by atoms with Gasteiger partial charge in [-0.1, -0.05) is 59.1 Å². The van der Waals surface area contributed by atoms with Gasteiger partial charge in [-0.3, -0.25) is 4.79 Å². The van der Waals surface area contributed by atoms with E-state index >= 15 is 0 Å². The van der Waals surface area contributed by atoms with Crippen molar-refractivity contribution in [3.63, 3.8) is 0 Å². The van der Waals surface area contributed by atoms with Crippen LogP contribution in [0.4, 0.5) is 9.59 Å². The summed E-state index contributed by atoms with van der Waals surface area (Å²) in [7, 11) is 1.72. The lowest BCUT2D eigenvalue weighted by atomic mass is 9.79. The molecule has 1 aliphatic carbocycles. The smallest absolute Gasteiger partial charge is 0.410 e. The number of hydrogen-bond donors (Lipinski definition) is 0. The molecule has 2 fully saturated rings. The summed E-state index contributed by atoms with van der Waals surface area (Å²) in [4.78, 5) is 45.9. The second-order valence-corrected chi connectivity index (χ2v) is 18.2. The van der Waals surface area contributed by atoms with Gasteiger partial charge in [0.1, 0.15) is 30.2 Å². The van der Waals surface area contributed by atoms with E-state index < -0.39 is 23.2 Å². The highest BCUT2D eigenvalue weighted by atomic mass is 35.5. The molecule has 1 saturated carbocycles. The number of aryl methyl sites for hydroxylation is 1. The Morgan fingerprint density at radius 1 is 0.807 bits per heavy atom. The van der Waals surface area contributed by atoms with Crippen molar-refractivity contribution in [2.24, 2.45) is 5.92 Å². The van der Waals surface area contributed by atoms with Crippen molar-refractivity contribution in [1.29, 1.82) is 0 Å². The summed E-state index contributed by atoms with van der Waals surface area (Å²) < 4.78 is 23.0. The maximum absolute atomic E-state index is 14.8. The van der Waals surface area contributed by atoms with Gasteiger partial charge in [-0.05, 0) is 133 Å². The SMILES string of the molecule is Cc1cc(Cl)c(OCCOc2ccc([C@H]3CCN(C(=O)OC(C)(C)C)C[C@@H]3C(=O)N(Cc3cc(CCN(C)C(=O)OC(C)(C)C)ccc3Cl)C3CC3)cc2)c(Cl)c1. The Morgan fingerprint density at radius 3 is 2.05 bits per heavy atom. The molecule has 0 bridgehead atoms. The minimum absolute atomic E-state index is 0.0206. The predicted molar refractivity (Wildman–Crippen MR) is 225 cm³/mol. The van der Waals surface area contributed by atoms with Gasteiger partial charge in [0, 0.05) is 44.3 Å². The van der Waals surface area contributed by atoms with Crippen molar-refractivity contribution in [3.05, 3.63) is 91.9 Å². The fourth-order valence-electron chi connectivity index (χ4n) is 6.83. The number of halogens is 3. The minimum Gasteiger partial charge on any atom is -0.490 e. The maximum atomic E-state index is 14.8. The van der Waals surface area contributed by atoms with E-state index in [4.69, 9.17) is 53.8 Å². The Hall–Kier alpha value is -3.86. The van der Waals surface area contributed by atoms with E-state index in [0.29, 0.717) is 59.0 Å². The van der Waals surface area contributed by atoms with Crippen LogP contribution in [0.15, 0.2) is 54.6 Å². The number of rotatable bonds is 13. The molecule has 3 aromatic rings.